The zero-order valence-electron chi connectivity index (χ0n) is 16.5. The van der Waals surface area contributed by atoms with Gasteiger partial charge in [-0.05, 0) is 47.5 Å². The van der Waals surface area contributed by atoms with Crippen molar-refractivity contribution >= 4 is 28.9 Å². The minimum Gasteiger partial charge on any atom is -0.350 e. The molecule has 3 aromatic rings. The highest BCUT2D eigenvalue weighted by atomic mass is 19.1. The number of carbonyl (C=O) groups is 2. The second kappa shape index (κ2) is 8.87. The first-order valence-electron chi connectivity index (χ1n) is 9.73. The van der Waals surface area contributed by atoms with Crippen LogP contribution in [-0.4, -0.2) is 24.1 Å². The maximum absolute atomic E-state index is 13.3. The van der Waals surface area contributed by atoms with Crippen LogP contribution >= 0.6 is 0 Å². The van der Waals surface area contributed by atoms with E-state index in [-0.39, 0.29) is 43.0 Å². The van der Waals surface area contributed by atoms with E-state index < -0.39 is 0 Å². The largest absolute Gasteiger partial charge is 0.350 e. The zero-order valence-corrected chi connectivity index (χ0v) is 16.5. The molecule has 1 aliphatic rings. The molecule has 0 radical (unpaired) electrons. The number of carbonyl (C=O) groups excluding carboxylic acids is 2. The first kappa shape index (κ1) is 20.4. The third kappa shape index (κ3) is 4.83. The Balaban J connectivity index is 1.53. The Morgan fingerprint density at radius 1 is 0.935 bits per heavy atom. The number of para-hydroxylation sites is 2. The molecule has 7 heteroatoms. The third-order valence-electron chi connectivity index (χ3n) is 4.93. The highest BCUT2D eigenvalue weighted by molar-refractivity contribution is 6.18. The molecular weight excluding hydrogens is 400 g/mol. The molecule has 1 aliphatic heterocycles. The fourth-order valence-electron chi connectivity index (χ4n) is 3.33. The van der Waals surface area contributed by atoms with Gasteiger partial charge in [-0.3, -0.25) is 14.6 Å². The van der Waals surface area contributed by atoms with Gasteiger partial charge in [0.25, 0.3) is 0 Å². The SMILES string of the molecule is O=C(CN1C(=O)CC(c2ccc(F)cc2)=Nc2ccccc21)NCc1ccc(F)cc1. The molecule has 0 atom stereocenters. The molecule has 2 amide bonds. The lowest BCUT2D eigenvalue weighted by molar-refractivity contribution is -0.123. The Morgan fingerprint density at radius 2 is 1.58 bits per heavy atom. The summed E-state index contributed by atoms with van der Waals surface area (Å²) in [6.07, 6.45) is -0.0223. The molecule has 0 aliphatic carbocycles. The van der Waals surface area contributed by atoms with E-state index in [1.807, 2.05) is 0 Å². The molecule has 31 heavy (non-hydrogen) atoms. The number of nitrogens with zero attached hydrogens (tertiary/aromatic N) is 2. The Morgan fingerprint density at radius 3 is 2.29 bits per heavy atom. The smallest absolute Gasteiger partial charge is 0.240 e. The van der Waals surface area contributed by atoms with Crippen molar-refractivity contribution in [2.75, 3.05) is 11.4 Å². The van der Waals surface area contributed by atoms with Gasteiger partial charge in [-0.15, -0.1) is 0 Å². The molecule has 0 saturated carbocycles. The third-order valence-corrected chi connectivity index (χ3v) is 4.93. The van der Waals surface area contributed by atoms with Crippen molar-refractivity contribution in [2.45, 2.75) is 13.0 Å². The van der Waals surface area contributed by atoms with Crippen LogP contribution in [0.15, 0.2) is 77.8 Å². The molecule has 1 heterocycles. The average Bonchev–Trinajstić information content (AvgIpc) is 2.90. The molecule has 0 bridgehead atoms. The highest BCUT2D eigenvalue weighted by Gasteiger charge is 2.26. The fraction of sp³-hybridized carbons (Fsp3) is 0.125. The molecule has 0 unspecified atom stereocenters. The van der Waals surface area contributed by atoms with Crippen LogP contribution in [0.1, 0.15) is 17.5 Å². The molecule has 3 aromatic carbocycles. The van der Waals surface area contributed by atoms with E-state index in [1.54, 1.807) is 48.5 Å². The van der Waals surface area contributed by atoms with Crippen LogP contribution in [-0.2, 0) is 16.1 Å². The maximum atomic E-state index is 13.3. The minimum absolute atomic E-state index is 0.0223. The Kier molecular flexibility index (Phi) is 5.84. The van der Waals surface area contributed by atoms with Crippen molar-refractivity contribution in [1.29, 1.82) is 0 Å². The van der Waals surface area contributed by atoms with Crippen molar-refractivity contribution < 1.29 is 18.4 Å². The van der Waals surface area contributed by atoms with Crippen LogP contribution in [0.25, 0.3) is 0 Å². The molecule has 5 nitrogen and oxygen atoms in total. The zero-order chi connectivity index (χ0) is 21.8. The Labute approximate surface area is 178 Å². The molecular formula is C24H19F2N3O2. The molecule has 4 rings (SSSR count). The lowest BCUT2D eigenvalue weighted by atomic mass is 10.1. The van der Waals surface area contributed by atoms with E-state index in [0.717, 1.165) is 5.56 Å². The van der Waals surface area contributed by atoms with E-state index in [4.69, 9.17) is 0 Å². The molecule has 0 spiro atoms. The van der Waals surface area contributed by atoms with Gasteiger partial charge >= 0.3 is 0 Å². The molecule has 1 N–H and O–H groups in total. The standard InChI is InChI=1S/C24H19F2N3O2/c25-18-9-5-16(6-10-18)14-27-23(30)15-29-22-4-2-1-3-20(22)28-21(13-24(29)31)17-7-11-19(26)12-8-17/h1-12H,13-15H2,(H,27,30). The average molecular weight is 419 g/mol. The van der Waals surface area contributed by atoms with E-state index in [0.29, 0.717) is 22.6 Å². The summed E-state index contributed by atoms with van der Waals surface area (Å²) in [5.41, 5.74) is 2.98. The number of rotatable bonds is 5. The van der Waals surface area contributed by atoms with Gasteiger partial charge in [-0.1, -0.05) is 36.4 Å². The number of hydrogen-bond donors (Lipinski definition) is 1. The van der Waals surface area contributed by atoms with Crippen molar-refractivity contribution in [1.82, 2.24) is 5.32 Å². The monoisotopic (exact) mass is 419 g/mol. The van der Waals surface area contributed by atoms with Crippen LogP contribution in [0, 0.1) is 11.6 Å². The van der Waals surface area contributed by atoms with Gasteiger partial charge in [0.15, 0.2) is 0 Å². The summed E-state index contributed by atoms with van der Waals surface area (Å²) in [5.74, 6) is -1.36. The minimum atomic E-state index is -0.371. The van der Waals surface area contributed by atoms with Crippen LogP contribution in [0.3, 0.4) is 0 Å². The summed E-state index contributed by atoms with van der Waals surface area (Å²) in [7, 11) is 0. The molecule has 156 valence electrons. The van der Waals surface area contributed by atoms with Gasteiger partial charge in [-0.25, -0.2) is 8.78 Å². The van der Waals surface area contributed by atoms with Crippen molar-refractivity contribution in [3.8, 4) is 0 Å². The lowest BCUT2D eigenvalue weighted by Crippen LogP contribution is -2.41. The number of hydrogen-bond acceptors (Lipinski definition) is 3. The molecule has 0 saturated heterocycles. The van der Waals surface area contributed by atoms with Crippen LogP contribution in [0.5, 0.6) is 0 Å². The summed E-state index contributed by atoms with van der Waals surface area (Å²) in [6, 6.07) is 18.7. The van der Waals surface area contributed by atoms with Gasteiger partial charge in [0.2, 0.25) is 11.8 Å². The number of fused-ring (bicyclic) bond motifs is 1. The van der Waals surface area contributed by atoms with Gasteiger partial charge in [0.05, 0.1) is 23.5 Å². The normalized spacial score (nSPS) is 13.3. The van der Waals surface area contributed by atoms with Gasteiger partial charge < -0.3 is 10.2 Å². The number of amides is 2. The summed E-state index contributed by atoms with van der Waals surface area (Å²) in [5, 5.41) is 2.75. The summed E-state index contributed by atoms with van der Waals surface area (Å²) in [4.78, 5) is 31.6. The Hall–Kier alpha value is -3.87. The first-order chi connectivity index (χ1) is 15.0. The molecule has 0 aromatic heterocycles. The first-order valence-corrected chi connectivity index (χ1v) is 9.73. The van der Waals surface area contributed by atoms with Gasteiger partial charge in [-0.2, -0.15) is 0 Å². The molecule has 0 fully saturated rings. The predicted octanol–water partition coefficient (Wildman–Crippen LogP) is 4.14. The lowest BCUT2D eigenvalue weighted by Gasteiger charge is -2.22. The fourth-order valence-corrected chi connectivity index (χ4v) is 3.33. The quantitative estimate of drug-likeness (QED) is 0.676. The number of anilines is 1. The van der Waals surface area contributed by atoms with E-state index in [9.17, 15) is 18.4 Å². The second-order valence-electron chi connectivity index (χ2n) is 7.11. The van der Waals surface area contributed by atoms with Crippen molar-refractivity contribution in [3.05, 3.63) is 95.6 Å². The van der Waals surface area contributed by atoms with Crippen LogP contribution in [0.2, 0.25) is 0 Å². The topological polar surface area (TPSA) is 61.8 Å². The van der Waals surface area contributed by atoms with Gasteiger partial charge in [0, 0.05) is 6.54 Å². The van der Waals surface area contributed by atoms with Crippen molar-refractivity contribution in [3.63, 3.8) is 0 Å². The second-order valence-corrected chi connectivity index (χ2v) is 7.11. The van der Waals surface area contributed by atoms with Crippen molar-refractivity contribution in [2.24, 2.45) is 4.99 Å². The summed E-state index contributed by atoms with van der Waals surface area (Å²) < 4.78 is 26.3. The maximum Gasteiger partial charge on any atom is 0.240 e. The number of benzene rings is 3. The number of nitrogens with one attached hydrogen (secondary N) is 1. The van der Waals surface area contributed by atoms with E-state index in [1.165, 1.54) is 29.2 Å². The number of halogens is 2. The van der Waals surface area contributed by atoms with E-state index >= 15 is 0 Å². The predicted molar refractivity (Wildman–Crippen MR) is 114 cm³/mol. The van der Waals surface area contributed by atoms with Crippen LogP contribution < -0.4 is 10.2 Å². The summed E-state index contributed by atoms with van der Waals surface area (Å²) in [6.45, 7) is 0.0450. The van der Waals surface area contributed by atoms with Gasteiger partial charge in [0.1, 0.15) is 18.2 Å². The van der Waals surface area contributed by atoms with Crippen LogP contribution in [0.4, 0.5) is 20.2 Å². The highest BCUT2D eigenvalue weighted by Crippen LogP contribution is 2.32. The summed E-state index contributed by atoms with van der Waals surface area (Å²) >= 11 is 0. The number of aliphatic imine (C=N–C) groups is 1. The Bertz CT molecular complexity index is 1140. The van der Waals surface area contributed by atoms with E-state index in [2.05, 4.69) is 10.3 Å².